The Kier molecular flexibility index (Phi) is 7.01. The van der Waals surface area contributed by atoms with Crippen LogP contribution in [0.3, 0.4) is 0 Å². The van der Waals surface area contributed by atoms with Crippen LogP contribution in [0.4, 0.5) is 11.5 Å². The Morgan fingerprint density at radius 3 is 2.26 bits per heavy atom. The van der Waals surface area contributed by atoms with Crippen LogP contribution in [0.2, 0.25) is 0 Å². The minimum atomic E-state index is -3.98. The molecule has 8 heteroatoms. The molecule has 1 aromatic heterocycles. The Balaban J connectivity index is 1.60. The molecule has 0 bridgehead atoms. The zero-order valence-electron chi connectivity index (χ0n) is 18.1. The second kappa shape index (κ2) is 10.3. The van der Waals surface area contributed by atoms with Crippen LogP contribution in [-0.4, -0.2) is 24.5 Å². The van der Waals surface area contributed by atoms with Crippen LogP contribution in [0, 0.1) is 0 Å². The van der Waals surface area contributed by atoms with Gasteiger partial charge in [0.15, 0.2) is 0 Å². The van der Waals surface area contributed by atoms with Crippen molar-refractivity contribution in [2.45, 2.75) is 17.4 Å². The van der Waals surface area contributed by atoms with Gasteiger partial charge in [0.1, 0.15) is 5.82 Å². The molecular formula is C26H23N3O4S. The van der Waals surface area contributed by atoms with E-state index in [-0.39, 0.29) is 11.3 Å². The van der Waals surface area contributed by atoms with E-state index in [1.807, 2.05) is 48.5 Å². The quantitative estimate of drug-likeness (QED) is 0.316. The Bertz CT molecular complexity index is 1380. The first-order chi connectivity index (χ1) is 16.4. The number of hydrogen-bond acceptors (Lipinski definition) is 5. The van der Waals surface area contributed by atoms with Crippen LogP contribution in [0.1, 0.15) is 18.0 Å². The summed E-state index contributed by atoms with van der Waals surface area (Å²) in [6.45, 7) is 0. The molecule has 172 valence electrons. The third-order valence-electron chi connectivity index (χ3n) is 5.16. The maximum atomic E-state index is 13.2. The van der Waals surface area contributed by atoms with Gasteiger partial charge in [-0.25, -0.2) is 18.1 Å². The summed E-state index contributed by atoms with van der Waals surface area (Å²) in [4.78, 5) is 15.7. The molecule has 3 aromatic carbocycles. The van der Waals surface area contributed by atoms with Crippen molar-refractivity contribution in [1.82, 2.24) is 9.71 Å². The van der Waals surface area contributed by atoms with E-state index in [1.165, 1.54) is 6.07 Å². The van der Waals surface area contributed by atoms with Crippen LogP contribution < -0.4 is 10.0 Å². The highest BCUT2D eigenvalue weighted by Crippen LogP contribution is 2.27. The summed E-state index contributed by atoms with van der Waals surface area (Å²) in [5.41, 5.74) is 2.93. The van der Waals surface area contributed by atoms with E-state index in [0.717, 1.165) is 11.3 Å². The van der Waals surface area contributed by atoms with Crippen LogP contribution in [0.25, 0.3) is 11.1 Å². The maximum absolute atomic E-state index is 13.2. The van der Waals surface area contributed by atoms with Gasteiger partial charge in [-0.1, -0.05) is 60.7 Å². The van der Waals surface area contributed by atoms with Gasteiger partial charge in [-0.05, 0) is 53.1 Å². The number of benzene rings is 3. The number of aliphatic carboxylic acids is 1. The van der Waals surface area contributed by atoms with Crippen molar-refractivity contribution >= 4 is 27.5 Å². The summed E-state index contributed by atoms with van der Waals surface area (Å²) >= 11 is 0. The van der Waals surface area contributed by atoms with Crippen molar-refractivity contribution in [3.8, 4) is 11.1 Å². The molecule has 0 saturated heterocycles. The highest BCUT2D eigenvalue weighted by molar-refractivity contribution is 7.89. The highest BCUT2D eigenvalue weighted by atomic mass is 32.2. The van der Waals surface area contributed by atoms with Crippen LogP contribution in [-0.2, 0) is 14.8 Å². The molecular weight excluding hydrogens is 450 g/mol. The Morgan fingerprint density at radius 2 is 1.56 bits per heavy atom. The zero-order valence-corrected chi connectivity index (χ0v) is 18.9. The summed E-state index contributed by atoms with van der Waals surface area (Å²) in [6, 6.07) is 27.5. The number of rotatable bonds is 9. The van der Waals surface area contributed by atoms with Crippen LogP contribution in [0.5, 0.6) is 0 Å². The van der Waals surface area contributed by atoms with Crippen molar-refractivity contribution in [2.24, 2.45) is 0 Å². The minimum absolute atomic E-state index is 0.0550. The molecule has 0 spiro atoms. The lowest BCUT2D eigenvalue weighted by Crippen LogP contribution is -2.30. The topological polar surface area (TPSA) is 108 Å². The largest absolute Gasteiger partial charge is 0.481 e. The van der Waals surface area contributed by atoms with Gasteiger partial charge < -0.3 is 10.4 Å². The Hall–Kier alpha value is -4.01. The Morgan fingerprint density at radius 1 is 0.853 bits per heavy atom. The third kappa shape index (κ3) is 5.86. The van der Waals surface area contributed by atoms with Crippen LogP contribution in [0.15, 0.2) is 108 Å². The lowest BCUT2D eigenvalue weighted by atomic mass is 10.1. The van der Waals surface area contributed by atoms with Gasteiger partial charge in [0.2, 0.25) is 10.0 Å². The lowest BCUT2D eigenvalue weighted by molar-refractivity contribution is -0.137. The molecule has 0 radical (unpaired) electrons. The van der Waals surface area contributed by atoms with E-state index in [4.69, 9.17) is 0 Å². The molecule has 0 aliphatic rings. The molecule has 0 unspecified atom stereocenters. The summed E-state index contributed by atoms with van der Waals surface area (Å²) in [7, 11) is -3.98. The number of nitrogens with zero attached hydrogens (tertiary/aromatic N) is 1. The molecule has 7 nitrogen and oxygen atoms in total. The molecule has 3 N–H and O–H groups in total. The highest BCUT2D eigenvalue weighted by Gasteiger charge is 2.24. The number of anilines is 2. The maximum Gasteiger partial charge on any atom is 0.305 e. The van der Waals surface area contributed by atoms with Gasteiger partial charge in [-0.3, -0.25) is 4.79 Å². The van der Waals surface area contributed by atoms with Gasteiger partial charge in [0.25, 0.3) is 0 Å². The second-order valence-corrected chi connectivity index (χ2v) is 9.35. The summed E-state index contributed by atoms with van der Waals surface area (Å²) in [5.74, 6) is -0.395. The van der Waals surface area contributed by atoms with Gasteiger partial charge in [0.05, 0.1) is 17.4 Å². The van der Waals surface area contributed by atoms with Crippen molar-refractivity contribution in [2.75, 3.05) is 5.32 Å². The fourth-order valence-corrected chi connectivity index (χ4v) is 4.82. The smallest absolute Gasteiger partial charge is 0.305 e. The predicted molar refractivity (Wildman–Crippen MR) is 131 cm³/mol. The predicted octanol–water partition coefficient (Wildman–Crippen LogP) is 4.99. The van der Waals surface area contributed by atoms with Gasteiger partial charge in [-0.15, -0.1) is 0 Å². The monoisotopic (exact) mass is 473 g/mol. The van der Waals surface area contributed by atoms with E-state index in [2.05, 4.69) is 15.0 Å². The van der Waals surface area contributed by atoms with Crippen LogP contribution >= 0.6 is 0 Å². The number of sulfonamides is 1. The minimum Gasteiger partial charge on any atom is -0.481 e. The van der Waals surface area contributed by atoms with E-state index in [9.17, 15) is 18.3 Å². The van der Waals surface area contributed by atoms with Crippen molar-refractivity contribution in [1.29, 1.82) is 0 Å². The molecule has 0 fully saturated rings. The summed E-state index contributed by atoms with van der Waals surface area (Å²) in [5, 5.41) is 12.5. The van der Waals surface area contributed by atoms with Crippen molar-refractivity contribution in [3.05, 3.63) is 109 Å². The number of carbonyl (C=O) groups is 1. The molecule has 1 heterocycles. The summed E-state index contributed by atoms with van der Waals surface area (Å²) in [6.07, 6.45) is 1.32. The van der Waals surface area contributed by atoms with Crippen molar-refractivity contribution in [3.63, 3.8) is 0 Å². The molecule has 4 rings (SSSR count). The lowest BCUT2D eigenvalue weighted by Gasteiger charge is -2.18. The zero-order chi connectivity index (χ0) is 24.0. The van der Waals surface area contributed by atoms with E-state index < -0.39 is 22.0 Å². The average molecular weight is 474 g/mol. The normalized spacial score (nSPS) is 12.1. The number of aromatic nitrogens is 1. The molecule has 0 aliphatic carbocycles. The van der Waals surface area contributed by atoms with E-state index >= 15 is 0 Å². The fourth-order valence-electron chi connectivity index (χ4n) is 3.55. The summed E-state index contributed by atoms with van der Waals surface area (Å²) < 4.78 is 28.9. The van der Waals surface area contributed by atoms with Crippen molar-refractivity contribution < 1.29 is 18.3 Å². The van der Waals surface area contributed by atoms with Gasteiger partial charge in [-0.2, -0.15) is 0 Å². The number of nitrogens with one attached hydrogen (secondary N) is 2. The SMILES string of the molecule is O=C(O)C[C@H](NS(=O)(=O)c1cccc(-c2cccc(Nc3ccccn3)c2)c1)c1ccccc1. The molecule has 1 atom stereocenters. The van der Waals surface area contributed by atoms with Gasteiger partial charge >= 0.3 is 5.97 Å². The first-order valence-corrected chi connectivity index (χ1v) is 12.1. The molecule has 0 aliphatic heterocycles. The average Bonchev–Trinajstić information content (AvgIpc) is 2.85. The first-order valence-electron chi connectivity index (χ1n) is 10.6. The Labute approximate surface area is 198 Å². The number of hydrogen-bond donors (Lipinski definition) is 3. The number of pyridine rings is 1. The number of carboxylic acid groups (broad SMARTS) is 1. The number of carboxylic acids is 1. The molecule has 4 aromatic rings. The molecule has 0 amide bonds. The molecule has 34 heavy (non-hydrogen) atoms. The molecule has 0 saturated carbocycles. The third-order valence-corrected chi connectivity index (χ3v) is 6.62. The standard InChI is InChI=1S/C26H23N3O4S/c30-26(31)18-24(19-8-2-1-3-9-19)29-34(32,33)23-13-7-11-21(17-23)20-10-6-12-22(16-20)28-25-14-4-5-15-27-25/h1-17,24,29H,18H2,(H,27,28)(H,30,31)/t24-/m0/s1. The fraction of sp³-hybridized carbons (Fsp3) is 0.0769. The second-order valence-electron chi connectivity index (χ2n) is 7.63. The van der Waals surface area contributed by atoms with E-state index in [0.29, 0.717) is 16.9 Å². The first kappa shape index (κ1) is 23.2. The van der Waals surface area contributed by atoms with E-state index in [1.54, 1.807) is 48.7 Å². The van der Waals surface area contributed by atoms with Gasteiger partial charge in [0, 0.05) is 11.9 Å².